The van der Waals surface area contributed by atoms with Gasteiger partial charge in [0.15, 0.2) is 6.54 Å². The van der Waals surface area contributed by atoms with Crippen molar-refractivity contribution in [1.82, 2.24) is 9.78 Å². The summed E-state index contributed by atoms with van der Waals surface area (Å²) in [5.74, 6) is 0.718. The number of morpholine rings is 1. The van der Waals surface area contributed by atoms with E-state index < -0.39 is 0 Å². The molecule has 116 valence electrons. The number of hydrogen-bond acceptors (Lipinski definition) is 3. The summed E-state index contributed by atoms with van der Waals surface area (Å²) in [7, 11) is 0. The van der Waals surface area contributed by atoms with E-state index in [1.807, 2.05) is 43.3 Å². The van der Waals surface area contributed by atoms with Gasteiger partial charge in [0, 0.05) is 6.07 Å². The van der Waals surface area contributed by atoms with Gasteiger partial charge < -0.3 is 15.0 Å². The summed E-state index contributed by atoms with van der Waals surface area (Å²) in [6.07, 6.45) is 0. The van der Waals surface area contributed by atoms with Gasteiger partial charge in [-0.1, -0.05) is 18.2 Å². The van der Waals surface area contributed by atoms with Crippen LogP contribution >= 0.6 is 0 Å². The normalized spacial score (nSPS) is 15.7. The van der Waals surface area contributed by atoms with E-state index >= 15 is 0 Å². The van der Waals surface area contributed by atoms with Gasteiger partial charge in [-0.05, 0) is 19.1 Å². The Labute approximate surface area is 129 Å². The lowest BCUT2D eigenvalue weighted by Crippen LogP contribution is -3.15. The highest BCUT2D eigenvalue weighted by Crippen LogP contribution is 2.16. The first-order valence-electron chi connectivity index (χ1n) is 7.55. The van der Waals surface area contributed by atoms with Gasteiger partial charge in [-0.2, -0.15) is 5.10 Å². The average molecular weight is 301 g/mol. The first kappa shape index (κ1) is 14.7. The third-order valence-corrected chi connectivity index (χ3v) is 3.71. The van der Waals surface area contributed by atoms with E-state index in [-0.39, 0.29) is 5.91 Å². The number of hydrogen-bond donors (Lipinski definition) is 2. The number of anilines is 1. The molecule has 1 aromatic carbocycles. The second-order valence-corrected chi connectivity index (χ2v) is 5.51. The Kier molecular flexibility index (Phi) is 4.50. The molecule has 6 heteroatoms. The smallest absolute Gasteiger partial charge is 0.280 e. The van der Waals surface area contributed by atoms with Crippen LogP contribution in [0.4, 0.5) is 5.82 Å². The Morgan fingerprint density at radius 1 is 1.32 bits per heavy atom. The lowest BCUT2D eigenvalue weighted by molar-refractivity contribution is -0.899. The summed E-state index contributed by atoms with van der Waals surface area (Å²) in [5.41, 5.74) is 1.81. The van der Waals surface area contributed by atoms with Crippen LogP contribution in [0.3, 0.4) is 0 Å². The third-order valence-electron chi connectivity index (χ3n) is 3.71. The van der Waals surface area contributed by atoms with Crippen LogP contribution in [-0.2, 0) is 9.53 Å². The van der Waals surface area contributed by atoms with E-state index in [0.29, 0.717) is 12.4 Å². The Bertz CT molecular complexity index is 633. The van der Waals surface area contributed by atoms with Gasteiger partial charge in [0.25, 0.3) is 5.91 Å². The molecule has 0 saturated carbocycles. The molecule has 0 atom stereocenters. The van der Waals surface area contributed by atoms with Crippen molar-refractivity contribution in [3.8, 4) is 5.69 Å². The number of nitrogens with zero attached hydrogens (tertiary/aromatic N) is 2. The number of amides is 1. The van der Waals surface area contributed by atoms with Gasteiger partial charge in [-0.3, -0.25) is 4.79 Å². The van der Waals surface area contributed by atoms with Crippen molar-refractivity contribution in [1.29, 1.82) is 0 Å². The predicted octanol–water partition coefficient (Wildman–Crippen LogP) is 0.0343. The molecule has 22 heavy (non-hydrogen) atoms. The fraction of sp³-hybridized carbons (Fsp3) is 0.375. The second-order valence-electron chi connectivity index (χ2n) is 5.51. The number of aryl methyl sites for hydroxylation is 1. The van der Waals surface area contributed by atoms with E-state index in [9.17, 15) is 4.79 Å². The molecule has 6 nitrogen and oxygen atoms in total. The van der Waals surface area contributed by atoms with Crippen LogP contribution in [0.5, 0.6) is 0 Å². The molecule has 2 heterocycles. The van der Waals surface area contributed by atoms with Gasteiger partial charge in [0.1, 0.15) is 18.9 Å². The zero-order chi connectivity index (χ0) is 15.4. The maximum Gasteiger partial charge on any atom is 0.280 e. The molecule has 0 spiro atoms. The van der Waals surface area contributed by atoms with Gasteiger partial charge in [-0.25, -0.2) is 4.68 Å². The number of rotatable bonds is 4. The second kappa shape index (κ2) is 6.72. The number of aromatic nitrogens is 2. The third kappa shape index (κ3) is 3.52. The SMILES string of the molecule is Cc1cc(NC(=O)C[NH+]2CCOCC2)n(-c2ccccc2)n1. The van der Waals surface area contributed by atoms with Crippen molar-refractivity contribution < 1.29 is 14.4 Å². The molecule has 0 unspecified atom stereocenters. The van der Waals surface area contributed by atoms with Crippen molar-refractivity contribution in [3.63, 3.8) is 0 Å². The number of para-hydroxylation sites is 1. The van der Waals surface area contributed by atoms with Crippen LogP contribution in [0.15, 0.2) is 36.4 Å². The molecule has 0 radical (unpaired) electrons. The summed E-state index contributed by atoms with van der Waals surface area (Å²) in [5, 5.41) is 7.43. The molecule has 1 aliphatic heterocycles. The number of quaternary nitrogens is 1. The number of carbonyl (C=O) groups is 1. The zero-order valence-electron chi connectivity index (χ0n) is 12.7. The van der Waals surface area contributed by atoms with Crippen molar-refractivity contribution >= 4 is 11.7 Å². The standard InChI is InChI=1S/C16H20N4O2/c1-13-11-15(20(18-13)14-5-3-2-4-6-14)17-16(21)12-19-7-9-22-10-8-19/h2-6,11H,7-10,12H2,1H3,(H,17,21)/p+1. The van der Waals surface area contributed by atoms with Gasteiger partial charge in [-0.15, -0.1) is 0 Å². The van der Waals surface area contributed by atoms with Crippen LogP contribution in [0.1, 0.15) is 5.69 Å². The van der Waals surface area contributed by atoms with Gasteiger partial charge in [0.2, 0.25) is 0 Å². The first-order chi connectivity index (χ1) is 10.7. The molecule has 1 amide bonds. The molecule has 0 bridgehead atoms. The highest BCUT2D eigenvalue weighted by Gasteiger charge is 2.19. The predicted molar refractivity (Wildman–Crippen MR) is 83.3 cm³/mol. The fourth-order valence-electron chi connectivity index (χ4n) is 2.61. The molecule has 0 aliphatic carbocycles. The quantitative estimate of drug-likeness (QED) is 0.838. The van der Waals surface area contributed by atoms with E-state index in [1.54, 1.807) is 4.68 Å². The van der Waals surface area contributed by atoms with Crippen molar-refractivity contribution in [2.24, 2.45) is 0 Å². The summed E-state index contributed by atoms with van der Waals surface area (Å²) in [6.45, 7) is 5.59. The highest BCUT2D eigenvalue weighted by atomic mass is 16.5. The van der Waals surface area contributed by atoms with E-state index in [4.69, 9.17) is 4.74 Å². The average Bonchev–Trinajstić information content (AvgIpc) is 2.89. The fourth-order valence-corrected chi connectivity index (χ4v) is 2.61. The minimum absolute atomic E-state index is 0.00832. The molecule has 1 aromatic heterocycles. The number of ether oxygens (including phenoxy) is 1. The summed E-state index contributed by atoms with van der Waals surface area (Å²) >= 11 is 0. The Morgan fingerprint density at radius 2 is 2.05 bits per heavy atom. The van der Waals surface area contributed by atoms with Crippen LogP contribution in [0, 0.1) is 6.92 Å². The number of nitrogens with one attached hydrogen (secondary N) is 2. The van der Waals surface area contributed by atoms with E-state index in [0.717, 1.165) is 37.7 Å². The molecular weight excluding hydrogens is 280 g/mol. The first-order valence-corrected chi connectivity index (χ1v) is 7.55. The maximum absolute atomic E-state index is 12.3. The molecule has 2 N–H and O–H groups in total. The largest absolute Gasteiger partial charge is 0.370 e. The minimum Gasteiger partial charge on any atom is -0.370 e. The Hall–Kier alpha value is -2.18. The number of carbonyl (C=O) groups excluding carboxylic acids is 1. The molecule has 1 aliphatic rings. The topological polar surface area (TPSA) is 60.6 Å². The molecule has 1 fully saturated rings. The Morgan fingerprint density at radius 3 is 2.77 bits per heavy atom. The van der Waals surface area contributed by atoms with Crippen LogP contribution in [-0.4, -0.2) is 48.5 Å². The van der Waals surface area contributed by atoms with Crippen molar-refractivity contribution in [3.05, 3.63) is 42.1 Å². The molecule has 2 aromatic rings. The summed E-state index contributed by atoms with van der Waals surface area (Å²) < 4.78 is 7.08. The van der Waals surface area contributed by atoms with Crippen molar-refractivity contribution in [2.45, 2.75) is 6.92 Å². The highest BCUT2D eigenvalue weighted by molar-refractivity contribution is 5.91. The van der Waals surface area contributed by atoms with Gasteiger partial charge in [0.05, 0.1) is 24.6 Å². The molecule has 3 rings (SSSR count). The lowest BCUT2D eigenvalue weighted by Gasteiger charge is -2.23. The van der Waals surface area contributed by atoms with Gasteiger partial charge >= 0.3 is 0 Å². The van der Waals surface area contributed by atoms with Crippen LogP contribution < -0.4 is 10.2 Å². The molecule has 1 saturated heterocycles. The summed E-state index contributed by atoms with van der Waals surface area (Å²) in [4.78, 5) is 13.5. The molecular formula is C16H21N4O2+. The maximum atomic E-state index is 12.3. The summed E-state index contributed by atoms with van der Waals surface area (Å²) in [6, 6.07) is 11.7. The number of benzene rings is 1. The zero-order valence-corrected chi connectivity index (χ0v) is 12.7. The van der Waals surface area contributed by atoms with Crippen LogP contribution in [0.2, 0.25) is 0 Å². The monoisotopic (exact) mass is 301 g/mol. The van der Waals surface area contributed by atoms with Crippen molar-refractivity contribution in [2.75, 3.05) is 38.2 Å². The van der Waals surface area contributed by atoms with E-state index in [1.165, 1.54) is 4.90 Å². The van der Waals surface area contributed by atoms with Crippen LogP contribution in [0.25, 0.3) is 5.69 Å². The lowest BCUT2D eigenvalue weighted by atomic mass is 10.3. The van der Waals surface area contributed by atoms with E-state index in [2.05, 4.69) is 10.4 Å². The Balaban J connectivity index is 1.71. The minimum atomic E-state index is 0.00832.